The molecule has 2 aliphatic rings. The van der Waals surface area contributed by atoms with Gasteiger partial charge in [0, 0.05) is 37.1 Å². The lowest BCUT2D eigenvalue weighted by molar-refractivity contribution is 0.370. The molecule has 1 aromatic carbocycles. The monoisotopic (exact) mass is 462 g/mol. The van der Waals surface area contributed by atoms with Crippen LogP contribution < -0.4 is 21.3 Å². The molecule has 1 fully saturated rings. The van der Waals surface area contributed by atoms with E-state index >= 15 is 0 Å². The summed E-state index contributed by atoms with van der Waals surface area (Å²) < 4.78 is 9.22. The molecular formula is C25H26N4O3S. The van der Waals surface area contributed by atoms with Gasteiger partial charge in [-0.05, 0) is 61.1 Å². The van der Waals surface area contributed by atoms with E-state index in [1.54, 1.807) is 24.9 Å². The van der Waals surface area contributed by atoms with Crippen molar-refractivity contribution in [3.05, 3.63) is 68.5 Å². The van der Waals surface area contributed by atoms with E-state index in [4.69, 9.17) is 4.74 Å². The molecule has 0 bridgehead atoms. The van der Waals surface area contributed by atoms with Crippen LogP contribution in [0.3, 0.4) is 0 Å². The molecule has 0 saturated carbocycles. The number of fused-ring (bicyclic) bond motifs is 6. The van der Waals surface area contributed by atoms with Gasteiger partial charge >= 0.3 is 5.69 Å². The van der Waals surface area contributed by atoms with Gasteiger partial charge < -0.3 is 10.1 Å². The van der Waals surface area contributed by atoms with Gasteiger partial charge in [-0.3, -0.25) is 13.9 Å². The van der Waals surface area contributed by atoms with Crippen molar-refractivity contribution in [3.63, 3.8) is 0 Å². The average Bonchev–Trinajstić information content (AvgIpc) is 3.44. The molecule has 1 unspecified atom stereocenters. The molecule has 7 nitrogen and oxygen atoms in total. The molecule has 0 amide bonds. The van der Waals surface area contributed by atoms with Crippen LogP contribution in [0.25, 0.3) is 20.4 Å². The van der Waals surface area contributed by atoms with Gasteiger partial charge in [-0.1, -0.05) is 12.1 Å². The van der Waals surface area contributed by atoms with E-state index in [-0.39, 0.29) is 17.3 Å². The summed E-state index contributed by atoms with van der Waals surface area (Å²) in [6, 6.07) is 10.3. The number of aromatic nitrogens is 3. The summed E-state index contributed by atoms with van der Waals surface area (Å²) in [5.41, 5.74) is 2.86. The van der Waals surface area contributed by atoms with Crippen molar-refractivity contribution in [2.45, 2.75) is 37.8 Å². The quantitative estimate of drug-likeness (QED) is 0.504. The molecule has 0 radical (unpaired) electrons. The Balaban J connectivity index is 1.36. The fourth-order valence-electron chi connectivity index (χ4n) is 5.95. The summed E-state index contributed by atoms with van der Waals surface area (Å²) in [4.78, 5) is 31.7. The maximum absolute atomic E-state index is 13.3. The Morgan fingerprint density at radius 3 is 2.97 bits per heavy atom. The molecular weight excluding hydrogens is 436 g/mol. The van der Waals surface area contributed by atoms with Crippen LogP contribution in [0.15, 0.2) is 46.1 Å². The Labute approximate surface area is 194 Å². The van der Waals surface area contributed by atoms with Crippen LogP contribution in [0, 0.1) is 5.92 Å². The number of pyridine rings is 1. The maximum Gasteiger partial charge on any atom is 0.331 e. The summed E-state index contributed by atoms with van der Waals surface area (Å²) in [6.07, 6.45) is 4.60. The van der Waals surface area contributed by atoms with Gasteiger partial charge in [-0.15, -0.1) is 11.3 Å². The fourth-order valence-corrected chi connectivity index (χ4v) is 7.07. The molecule has 3 atom stereocenters. The third-order valence-corrected chi connectivity index (χ3v) is 8.58. The summed E-state index contributed by atoms with van der Waals surface area (Å²) in [6.45, 7) is 1.36. The molecule has 1 aliphatic carbocycles. The minimum Gasteiger partial charge on any atom is -0.496 e. The molecule has 4 heterocycles. The van der Waals surface area contributed by atoms with Crippen LogP contribution in [0.5, 0.6) is 5.75 Å². The SMILES string of the molecule is COc1cccc2c1CC[C@H]1CNC(CCn3c(=O)c4sc5ncccc5c4n(C)c3=O)[C@@H]21. The Kier molecular flexibility index (Phi) is 4.88. The highest BCUT2D eigenvalue weighted by molar-refractivity contribution is 7.25. The zero-order valence-corrected chi connectivity index (χ0v) is 19.5. The molecule has 6 rings (SSSR count). The van der Waals surface area contributed by atoms with Crippen LogP contribution in [0.1, 0.15) is 29.9 Å². The largest absolute Gasteiger partial charge is 0.496 e. The lowest BCUT2D eigenvalue weighted by Crippen LogP contribution is -2.40. The van der Waals surface area contributed by atoms with Gasteiger partial charge in [0.05, 0.1) is 12.6 Å². The summed E-state index contributed by atoms with van der Waals surface area (Å²) in [5, 5.41) is 4.54. The maximum atomic E-state index is 13.3. The van der Waals surface area contributed by atoms with E-state index < -0.39 is 0 Å². The van der Waals surface area contributed by atoms with E-state index in [0.717, 1.165) is 41.8 Å². The number of nitrogens with one attached hydrogen (secondary N) is 1. The highest BCUT2D eigenvalue weighted by Gasteiger charge is 2.40. The standard InChI is InChI=1S/C25H26N4O3S/c1-28-21-17-6-4-11-26-23(17)33-22(21)24(30)29(25(28)31)12-10-18-20-14(13-27-18)8-9-15-16(20)5-3-7-19(15)32-2/h3-7,11,14,18,20,27H,8-10,12-13H2,1-2H3/t14-,18?,20+/m0/s1. The number of nitrogens with zero attached hydrogens (tertiary/aromatic N) is 3. The highest BCUT2D eigenvalue weighted by atomic mass is 32.1. The number of rotatable bonds is 4. The lowest BCUT2D eigenvalue weighted by Gasteiger charge is -2.32. The van der Waals surface area contributed by atoms with Gasteiger partial charge in [0.25, 0.3) is 5.56 Å². The van der Waals surface area contributed by atoms with Crippen molar-refractivity contribution >= 4 is 31.8 Å². The molecule has 3 aromatic heterocycles. The van der Waals surface area contributed by atoms with Crippen LogP contribution in [-0.2, 0) is 20.0 Å². The van der Waals surface area contributed by atoms with Crippen LogP contribution in [-0.4, -0.2) is 33.8 Å². The van der Waals surface area contributed by atoms with Crippen LogP contribution in [0.4, 0.5) is 0 Å². The zero-order valence-electron chi connectivity index (χ0n) is 18.7. The van der Waals surface area contributed by atoms with E-state index in [2.05, 4.69) is 22.4 Å². The van der Waals surface area contributed by atoms with Gasteiger partial charge in [-0.25, -0.2) is 9.78 Å². The Morgan fingerprint density at radius 1 is 1.24 bits per heavy atom. The summed E-state index contributed by atoms with van der Waals surface area (Å²) >= 11 is 1.36. The third kappa shape index (κ3) is 3.08. The normalized spacial score (nSPS) is 21.9. The van der Waals surface area contributed by atoms with E-state index in [0.29, 0.717) is 28.6 Å². The van der Waals surface area contributed by atoms with Crippen molar-refractivity contribution in [2.24, 2.45) is 13.0 Å². The minimum absolute atomic E-state index is 0.212. The number of thiophene rings is 1. The zero-order chi connectivity index (χ0) is 22.7. The number of benzene rings is 1. The van der Waals surface area contributed by atoms with E-state index in [1.165, 1.54) is 27.0 Å². The Hall–Kier alpha value is -2.97. The van der Waals surface area contributed by atoms with Crippen molar-refractivity contribution in [2.75, 3.05) is 13.7 Å². The number of methoxy groups -OCH3 is 1. The predicted molar refractivity (Wildman–Crippen MR) is 131 cm³/mol. The second-order valence-electron chi connectivity index (χ2n) is 9.09. The second-order valence-corrected chi connectivity index (χ2v) is 10.1. The first-order valence-electron chi connectivity index (χ1n) is 11.4. The second kappa shape index (κ2) is 7.81. The molecule has 1 saturated heterocycles. The molecule has 170 valence electrons. The molecule has 33 heavy (non-hydrogen) atoms. The first-order valence-corrected chi connectivity index (χ1v) is 12.3. The predicted octanol–water partition coefficient (Wildman–Crippen LogP) is 3.03. The first-order chi connectivity index (χ1) is 16.1. The van der Waals surface area contributed by atoms with Crippen molar-refractivity contribution in [1.29, 1.82) is 0 Å². The number of hydrogen-bond acceptors (Lipinski definition) is 6. The fraction of sp³-hybridized carbons (Fsp3) is 0.400. The summed E-state index contributed by atoms with van der Waals surface area (Å²) in [7, 11) is 3.47. The van der Waals surface area contributed by atoms with Crippen molar-refractivity contribution in [3.8, 4) is 5.75 Å². The summed E-state index contributed by atoms with van der Waals surface area (Å²) in [5.74, 6) is 1.91. The Bertz CT molecular complexity index is 1500. The van der Waals surface area contributed by atoms with E-state index in [9.17, 15) is 9.59 Å². The van der Waals surface area contributed by atoms with Gasteiger partial charge in [0.1, 0.15) is 15.3 Å². The number of ether oxygens (including phenoxy) is 1. The topological polar surface area (TPSA) is 78.2 Å². The van der Waals surface area contributed by atoms with Gasteiger partial charge in [-0.2, -0.15) is 0 Å². The number of hydrogen-bond donors (Lipinski definition) is 1. The molecule has 8 heteroatoms. The molecule has 4 aromatic rings. The molecule has 1 aliphatic heterocycles. The van der Waals surface area contributed by atoms with Crippen LogP contribution in [0.2, 0.25) is 0 Å². The smallest absolute Gasteiger partial charge is 0.331 e. The Morgan fingerprint density at radius 2 is 2.12 bits per heavy atom. The van der Waals surface area contributed by atoms with Crippen LogP contribution >= 0.6 is 11.3 Å². The van der Waals surface area contributed by atoms with E-state index in [1.807, 2.05) is 18.2 Å². The molecule has 1 N–H and O–H groups in total. The minimum atomic E-state index is -0.267. The van der Waals surface area contributed by atoms with Crippen molar-refractivity contribution in [1.82, 2.24) is 19.4 Å². The average molecular weight is 463 g/mol. The van der Waals surface area contributed by atoms with Crippen molar-refractivity contribution < 1.29 is 4.74 Å². The van der Waals surface area contributed by atoms with Gasteiger partial charge in [0.15, 0.2) is 0 Å². The highest BCUT2D eigenvalue weighted by Crippen LogP contribution is 2.45. The van der Waals surface area contributed by atoms with Gasteiger partial charge in [0.2, 0.25) is 0 Å². The molecule has 0 spiro atoms. The third-order valence-electron chi connectivity index (χ3n) is 7.49. The lowest BCUT2D eigenvalue weighted by atomic mass is 9.73. The first kappa shape index (κ1) is 20.6. The number of aryl methyl sites for hydroxylation is 1.